The number of hydrogen-bond donors (Lipinski definition) is 1. The van der Waals surface area contributed by atoms with Crippen molar-refractivity contribution in [3.63, 3.8) is 0 Å². The molecule has 0 radical (unpaired) electrons. The van der Waals surface area contributed by atoms with Gasteiger partial charge in [-0.3, -0.25) is 4.79 Å². The van der Waals surface area contributed by atoms with E-state index in [2.05, 4.69) is 5.32 Å². The Bertz CT molecular complexity index is 715. The van der Waals surface area contributed by atoms with Crippen molar-refractivity contribution in [2.45, 2.75) is 13.5 Å². The van der Waals surface area contributed by atoms with E-state index in [0.29, 0.717) is 12.3 Å². The highest BCUT2D eigenvalue weighted by atomic mass is 35.5. The van der Waals surface area contributed by atoms with E-state index in [4.69, 9.17) is 67.2 Å². The molecule has 4 nitrogen and oxygen atoms in total. The molecule has 0 aliphatic heterocycles. The summed E-state index contributed by atoms with van der Waals surface area (Å²) in [5.74, 6) is 0.353. The van der Waals surface area contributed by atoms with Crippen LogP contribution in [0.2, 0.25) is 25.1 Å². The normalized spacial score (nSPS) is 10.7. The van der Waals surface area contributed by atoms with Gasteiger partial charge in [-0.05, 0) is 19.1 Å². The van der Waals surface area contributed by atoms with Gasteiger partial charge in [-0.2, -0.15) is 0 Å². The highest BCUT2D eigenvalue weighted by Gasteiger charge is 2.21. The molecule has 2 rings (SSSR count). The fourth-order valence-corrected chi connectivity index (χ4v) is 2.91. The molecule has 9 heteroatoms. The summed E-state index contributed by atoms with van der Waals surface area (Å²) in [4.78, 5) is 11.6. The van der Waals surface area contributed by atoms with E-state index in [1.807, 2.05) is 6.92 Å². The summed E-state index contributed by atoms with van der Waals surface area (Å²) in [5.41, 5.74) is 0. The van der Waals surface area contributed by atoms with Gasteiger partial charge in [0, 0.05) is 6.54 Å². The molecule has 0 fully saturated rings. The molecule has 1 aromatic heterocycles. The van der Waals surface area contributed by atoms with Gasteiger partial charge in [-0.15, -0.1) is 0 Å². The predicted molar refractivity (Wildman–Crippen MR) is 92.5 cm³/mol. The van der Waals surface area contributed by atoms with Crippen molar-refractivity contribution in [3.8, 4) is 5.75 Å². The largest absolute Gasteiger partial charge is 0.482 e. The molecule has 124 valence electrons. The number of rotatable bonds is 5. The second kappa shape index (κ2) is 7.86. The Morgan fingerprint density at radius 2 is 1.61 bits per heavy atom. The summed E-state index contributed by atoms with van der Waals surface area (Å²) >= 11 is 29.9. The zero-order chi connectivity index (χ0) is 17.1. The second-order valence-corrected chi connectivity index (χ2v) is 6.20. The van der Waals surface area contributed by atoms with Crippen LogP contribution in [0.3, 0.4) is 0 Å². The quantitative estimate of drug-likeness (QED) is 0.489. The summed E-state index contributed by atoms with van der Waals surface area (Å²) in [7, 11) is 0. The number of furan rings is 1. The van der Waals surface area contributed by atoms with Crippen LogP contribution in [0.1, 0.15) is 23.2 Å². The lowest BCUT2D eigenvalue weighted by atomic mass is 10.3. The van der Waals surface area contributed by atoms with Crippen LogP contribution in [0.5, 0.6) is 5.75 Å². The van der Waals surface area contributed by atoms with E-state index >= 15 is 0 Å². The van der Waals surface area contributed by atoms with E-state index in [1.165, 1.54) is 6.07 Å². The summed E-state index contributed by atoms with van der Waals surface area (Å²) in [5, 5.41) is 2.84. The second-order valence-electron chi connectivity index (χ2n) is 4.31. The summed E-state index contributed by atoms with van der Waals surface area (Å²) < 4.78 is 10.9. The molecule has 1 amide bonds. The van der Waals surface area contributed by atoms with Crippen molar-refractivity contribution in [1.29, 1.82) is 0 Å². The van der Waals surface area contributed by atoms with Crippen molar-refractivity contribution >= 4 is 63.9 Å². The average Bonchev–Trinajstić information content (AvgIpc) is 3.00. The third-order valence-electron chi connectivity index (χ3n) is 2.75. The first-order chi connectivity index (χ1) is 10.9. The third kappa shape index (κ3) is 4.01. The average molecular weight is 418 g/mol. The standard InChI is InChI=1S/C14H10Cl5NO3/c1-2-20-14(21)7-4-3-6(23-7)5-22-13-11(18)9(16)8(15)10(17)12(13)19/h3-4H,2,5H2,1H3,(H,20,21). The molecule has 2 aromatic rings. The van der Waals surface area contributed by atoms with E-state index in [9.17, 15) is 4.79 Å². The van der Waals surface area contributed by atoms with Gasteiger partial charge < -0.3 is 14.5 Å². The molecule has 0 bridgehead atoms. The molecule has 1 aromatic carbocycles. The van der Waals surface area contributed by atoms with Crippen molar-refractivity contribution in [2.75, 3.05) is 6.54 Å². The molecule has 0 saturated heterocycles. The van der Waals surface area contributed by atoms with Gasteiger partial charge in [-0.1, -0.05) is 58.0 Å². The smallest absolute Gasteiger partial charge is 0.286 e. The summed E-state index contributed by atoms with van der Waals surface area (Å²) in [6.45, 7) is 2.29. The minimum atomic E-state index is -0.313. The SMILES string of the molecule is CCNC(=O)c1ccc(COc2c(Cl)c(Cl)c(Cl)c(Cl)c2Cl)o1. The van der Waals surface area contributed by atoms with Crippen LogP contribution >= 0.6 is 58.0 Å². The minimum absolute atomic E-state index is 0.0207. The lowest BCUT2D eigenvalue weighted by molar-refractivity contribution is 0.0924. The van der Waals surface area contributed by atoms with Gasteiger partial charge in [0.25, 0.3) is 5.91 Å². The Labute approximate surface area is 157 Å². The Hall–Kier alpha value is -0.780. The number of amides is 1. The van der Waals surface area contributed by atoms with Gasteiger partial charge in [0.2, 0.25) is 0 Å². The fraction of sp³-hybridized carbons (Fsp3) is 0.214. The van der Waals surface area contributed by atoms with Crippen molar-refractivity contribution in [2.24, 2.45) is 0 Å². The molecule has 0 aliphatic rings. The van der Waals surface area contributed by atoms with Crippen molar-refractivity contribution < 1.29 is 13.9 Å². The van der Waals surface area contributed by atoms with E-state index in [-0.39, 0.29) is 49.1 Å². The van der Waals surface area contributed by atoms with Gasteiger partial charge in [-0.25, -0.2) is 0 Å². The molecule has 0 unspecified atom stereocenters. The maximum Gasteiger partial charge on any atom is 0.286 e. The zero-order valence-electron chi connectivity index (χ0n) is 11.7. The first-order valence-electron chi connectivity index (χ1n) is 6.37. The van der Waals surface area contributed by atoms with Crippen LogP contribution in [-0.4, -0.2) is 12.5 Å². The molecule has 1 heterocycles. The maximum absolute atomic E-state index is 11.6. The highest BCUT2D eigenvalue weighted by Crippen LogP contribution is 2.48. The summed E-state index contributed by atoms with van der Waals surface area (Å²) in [6, 6.07) is 3.14. The van der Waals surface area contributed by atoms with Gasteiger partial charge in [0.05, 0.1) is 15.1 Å². The number of hydrogen-bond acceptors (Lipinski definition) is 3. The van der Waals surface area contributed by atoms with Crippen LogP contribution in [0.4, 0.5) is 0 Å². The molecule has 0 spiro atoms. The van der Waals surface area contributed by atoms with Crippen molar-refractivity contribution in [3.05, 3.63) is 48.8 Å². The van der Waals surface area contributed by atoms with Gasteiger partial charge in [0.1, 0.15) is 22.4 Å². The Balaban J connectivity index is 2.18. The molecule has 1 N–H and O–H groups in total. The predicted octanol–water partition coefficient (Wildman–Crippen LogP) is 5.88. The first kappa shape index (κ1) is 18.6. The van der Waals surface area contributed by atoms with Crippen molar-refractivity contribution in [1.82, 2.24) is 5.32 Å². The Kier molecular flexibility index (Phi) is 6.34. The first-order valence-corrected chi connectivity index (χ1v) is 8.26. The Morgan fingerprint density at radius 3 is 2.17 bits per heavy atom. The maximum atomic E-state index is 11.6. The van der Waals surface area contributed by atoms with Crippen LogP contribution in [0.25, 0.3) is 0 Å². The van der Waals surface area contributed by atoms with Crippen LogP contribution in [-0.2, 0) is 6.61 Å². The number of halogens is 5. The van der Waals surface area contributed by atoms with Crippen LogP contribution < -0.4 is 10.1 Å². The molecular formula is C14H10Cl5NO3. The van der Waals surface area contributed by atoms with E-state index in [1.54, 1.807) is 6.07 Å². The van der Waals surface area contributed by atoms with E-state index < -0.39 is 0 Å². The van der Waals surface area contributed by atoms with Gasteiger partial charge in [0.15, 0.2) is 11.5 Å². The Morgan fingerprint density at radius 1 is 1.04 bits per heavy atom. The fourth-order valence-electron chi connectivity index (χ4n) is 1.68. The molecule has 23 heavy (non-hydrogen) atoms. The monoisotopic (exact) mass is 415 g/mol. The minimum Gasteiger partial charge on any atom is -0.482 e. The number of carbonyl (C=O) groups is 1. The zero-order valence-corrected chi connectivity index (χ0v) is 15.5. The number of carbonyl (C=O) groups excluding carboxylic acids is 1. The molecule has 0 saturated carbocycles. The number of ether oxygens (including phenoxy) is 1. The molecular weight excluding hydrogens is 407 g/mol. The number of benzene rings is 1. The van der Waals surface area contributed by atoms with Crippen LogP contribution in [0, 0.1) is 0 Å². The van der Waals surface area contributed by atoms with Crippen LogP contribution in [0.15, 0.2) is 16.5 Å². The highest BCUT2D eigenvalue weighted by molar-refractivity contribution is 6.55. The van der Waals surface area contributed by atoms with E-state index in [0.717, 1.165) is 0 Å². The lowest BCUT2D eigenvalue weighted by Crippen LogP contribution is -2.21. The molecule has 0 atom stereocenters. The lowest BCUT2D eigenvalue weighted by Gasteiger charge is -2.12. The summed E-state index contributed by atoms with van der Waals surface area (Å²) in [6.07, 6.45) is 0. The third-order valence-corrected chi connectivity index (χ3v) is 4.99. The van der Waals surface area contributed by atoms with Gasteiger partial charge >= 0.3 is 0 Å². The molecule has 0 aliphatic carbocycles. The number of nitrogens with one attached hydrogen (secondary N) is 1. The topological polar surface area (TPSA) is 51.5 Å².